The van der Waals surface area contributed by atoms with E-state index in [2.05, 4.69) is 15.6 Å². The Balaban J connectivity index is 1.54. The molecule has 38 heavy (non-hydrogen) atoms. The smallest absolute Gasteiger partial charge is 0.247 e. The molecule has 4 aromatic rings. The van der Waals surface area contributed by atoms with E-state index in [9.17, 15) is 14.4 Å². The van der Waals surface area contributed by atoms with Crippen LogP contribution >= 0.6 is 0 Å². The predicted molar refractivity (Wildman–Crippen MR) is 150 cm³/mol. The summed E-state index contributed by atoms with van der Waals surface area (Å²) in [4.78, 5) is 43.7. The average molecular weight is 509 g/mol. The molecule has 7 heteroatoms. The normalized spacial score (nSPS) is 12.7. The Hall–Kier alpha value is -4.65. The number of H-pyrrole nitrogens is 1. The van der Waals surface area contributed by atoms with Crippen LogP contribution in [0.15, 0.2) is 97.3 Å². The Morgan fingerprint density at radius 1 is 0.868 bits per heavy atom. The van der Waals surface area contributed by atoms with Crippen LogP contribution in [0.3, 0.4) is 0 Å². The van der Waals surface area contributed by atoms with Gasteiger partial charge in [-0.15, -0.1) is 0 Å². The molecule has 0 fully saturated rings. The summed E-state index contributed by atoms with van der Waals surface area (Å²) in [6.07, 6.45) is 5.96. The highest BCUT2D eigenvalue weighted by Gasteiger charge is 2.31. The second-order valence-electron chi connectivity index (χ2n) is 9.23. The molecule has 0 spiro atoms. The average Bonchev–Trinajstić information content (AvgIpc) is 3.34. The fourth-order valence-electron chi connectivity index (χ4n) is 4.48. The lowest BCUT2D eigenvalue weighted by Gasteiger charge is -2.30. The Morgan fingerprint density at radius 3 is 2.13 bits per heavy atom. The topological polar surface area (TPSA) is 94.3 Å². The number of para-hydroxylation sites is 1. The minimum absolute atomic E-state index is 0.307. The molecule has 7 nitrogen and oxygen atoms in total. The Labute approximate surface area is 222 Å². The van der Waals surface area contributed by atoms with E-state index in [1.165, 1.54) is 11.8 Å². The van der Waals surface area contributed by atoms with Crippen molar-refractivity contribution < 1.29 is 14.4 Å². The Bertz CT molecular complexity index is 1410. The van der Waals surface area contributed by atoms with Gasteiger partial charge in [-0.25, -0.2) is 0 Å². The number of fused-ring (bicyclic) bond motifs is 1. The van der Waals surface area contributed by atoms with Crippen LogP contribution in [0.2, 0.25) is 0 Å². The number of nitrogens with zero attached hydrogens (tertiary/aromatic N) is 1. The van der Waals surface area contributed by atoms with Crippen LogP contribution < -0.4 is 10.6 Å². The number of hydrogen-bond donors (Lipinski definition) is 3. The first-order valence-corrected chi connectivity index (χ1v) is 12.6. The Kier molecular flexibility index (Phi) is 8.72. The number of aromatic amines is 1. The van der Waals surface area contributed by atoms with Crippen molar-refractivity contribution in [3.8, 4) is 0 Å². The molecule has 0 unspecified atom stereocenters. The summed E-state index contributed by atoms with van der Waals surface area (Å²) in [7, 11) is 1.61. The molecule has 0 saturated heterocycles. The van der Waals surface area contributed by atoms with Gasteiger partial charge in [0.25, 0.3) is 0 Å². The molecular weight excluding hydrogens is 476 g/mol. The number of carbonyl (C=O) groups excluding carboxylic acids is 3. The molecule has 0 bridgehead atoms. The highest BCUT2D eigenvalue weighted by atomic mass is 16.2. The number of rotatable bonds is 10. The lowest BCUT2D eigenvalue weighted by molar-refractivity contribution is -0.141. The van der Waals surface area contributed by atoms with E-state index >= 15 is 0 Å². The van der Waals surface area contributed by atoms with Gasteiger partial charge in [-0.1, -0.05) is 78.9 Å². The van der Waals surface area contributed by atoms with E-state index in [-0.39, 0.29) is 17.7 Å². The van der Waals surface area contributed by atoms with Crippen LogP contribution in [0, 0.1) is 0 Å². The lowest BCUT2D eigenvalue weighted by Crippen LogP contribution is -2.55. The molecule has 0 aliphatic carbocycles. The van der Waals surface area contributed by atoms with Crippen LogP contribution in [-0.4, -0.2) is 46.7 Å². The maximum Gasteiger partial charge on any atom is 0.247 e. The van der Waals surface area contributed by atoms with Gasteiger partial charge >= 0.3 is 0 Å². The molecule has 0 aliphatic rings. The minimum atomic E-state index is -0.798. The van der Waals surface area contributed by atoms with E-state index in [1.54, 1.807) is 13.2 Å². The summed E-state index contributed by atoms with van der Waals surface area (Å²) in [6.45, 7) is 1.38. The first-order chi connectivity index (χ1) is 18.4. The third-order valence-electron chi connectivity index (χ3n) is 6.46. The van der Waals surface area contributed by atoms with Crippen LogP contribution in [0.25, 0.3) is 17.0 Å². The summed E-state index contributed by atoms with van der Waals surface area (Å²) in [5.41, 5.74) is 3.79. The summed E-state index contributed by atoms with van der Waals surface area (Å²) >= 11 is 0. The van der Waals surface area contributed by atoms with E-state index < -0.39 is 12.1 Å². The maximum absolute atomic E-state index is 13.6. The molecule has 3 amide bonds. The highest BCUT2D eigenvalue weighted by molar-refractivity contribution is 5.93. The van der Waals surface area contributed by atoms with Gasteiger partial charge in [0.15, 0.2) is 0 Å². The van der Waals surface area contributed by atoms with Gasteiger partial charge in [0.05, 0.1) is 0 Å². The zero-order chi connectivity index (χ0) is 26.9. The van der Waals surface area contributed by atoms with Gasteiger partial charge in [0, 0.05) is 55.7 Å². The van der Waals surface area contributed by atoms with Crippen molar-refractivity contribution in [3.63, 3.8) is 0 Å². The largest absolute Gasteiger partial charge is 0.361 e. The van der Waals surface area contributed by atoms with E-state index in [4.69, 9.17) is 0 Å². The van der Waals surface area contributed by atoms with Crippen molar-refractivity contribution in [3.05, 3.63) is 114 Å². The van der Waals surface area contributed by atoms with E-state index in [0.29, 0.717) is 12.8 Å². The molecule has 4 rings (SSSR count). The quantitative estimate of drug-likeness (QED) is 0.301. The molecular formula is C31H32N4O3. The number of benzene rings is 3. The fourth-order valence-corrected chi connectivity index (χ4v) is 4.48. The van der Waals surface area contributed by atoms with Gasteiger partial charge < -0.3 is 20.5 Å². The van der Waals surface area contributed by atoms with Crippen molar-refractivity contribution in [2.24, 2.45) is 0 Å². The van der Waals surface area contributed by atoms with Crippen LogP contribution in [0.5, 0.6) is 0 Å². The molecule has 1 aromatic heterocycles. The summed E-state index contributed by atoms with van der Waals surface area (Å²) in [5.74, 6) is -0.957. The highest BCUT2D eigenvalue weighted by Crippen LogP contribution is 2.19. The second kappa shape index (κ2) is 12.5. The molecule has 0 saturated carbocycles. The standard InChI is InChI=1S/C31H32N4O3/c1-22(36)34-28(19-23-11-5-3-6-12-23)31(38)35(2)29(20-24-13-7-4-8-14-24)30(37)32-18-17-25-21-33-27-16-10-9-15-26(25)27/h3-18,21,28-29,33H,19-20H2,1-2H3,(H,32,37)(H,34,36)/b18-17-/t28-,29-/m0/s1. The van der Waals surface area contributed by atoms with E-state index in [0.717, 1.165) is 27.6 Å². The zero-order valence-corrected chi connectivity index (χ0v) is 21.6. The number of aromatic nitrogens is 1. The number of nitrogens with one attached hydrogen (secondary N) is 3. The minimum Gasteiger partial charge on any atom is -0.361 e. The van der Waals surface area contributed by atoms with Gasteiger partial charge in [-0.3, -0.25) is 14.4 Å². The fraction of sp³-hybridized carbons (Fsp3) is 0.194. The van der Waals surface area contributed by atoms with Crippen LogP contribution in [0.4, 0.5) is 0 Å². The van der Waals surface area contributed by atoms with E-state index in [1.807, 2.05) is 97.2 Å². The first kappa shape index (κ1) is 26.4. The zero-order valence-electron chi connectivity index (χ0n) is 21.6. The lowest BCUT2D eigenvalue weighted by atomic mass is 10.0. The summed E-state index contributed by atoms with van der Waals surface area (Å²) < 4.78 is 0. The third-order valence-corrected chi connectivity index (χ3v) is 6.46. The van der Waals surface area contributed by atoms with Crippen molar-refractivity contribution in [2.45, 2.75) is 31.8 Å². The molecule has 194 valence electrons. The molecule has 1 heterocycles. The molecule has 0 radical (unpaired) electrons. The monoisotopic (exact) mass is 508 g/mol. The van der Waals surface area contributed by atoms with Crippen LogP contribution in [0.1, 0.15) is 23.6 Å². The molecule has 3 N–H and O–H groups in total. The number of amides is 3. The first-order valence-electron chi connectivity index (χ1n) is 12.6. The second-order valence-corrected chi connectivity index (χ2v) is 9.23. The van der Waals surface area contributed by atoms with Crippen LogP contribution in [-0.2, 0) is 27.2 Å². The molecule has 0 aliphatic heterocycles. The SMILES string of the molecule is CC(=O)N[C@@H](Cc1ccccc1)C(=O)N(C)[C@@H](Cc1ccccc1)C(=O)N/C=C\c1c[nH]c2ccccc12. The number of likely N-dealkylation sites (N-methyl/N-ethyl adjacent to an activating group) is 1. The Morgan fingerprint density at radius 2 is 1.47 bits per heavy atom. The van der Waals surface area contributed by atoms with Gasteiger partial charge in [-0.05, 0) is 23.3 Å². The van der Waals surface area contributed by atoms with Crippen molar-refractivity contribution >= 4 is 34.7 Å². The number of carbonyl (C=O) groups is 3. The van der Waals surface area contributed by atoms with Crippen molar-refractivity contribution in [1.29, 1.82) is 0 Å². The molecule has 2 atom stereocenters. The summed E-state index contributed by atoms with van der Waals surface area (Å²) in [6, 6.07) is 25.4. The maximum atomic E-state index is 13.6. The summed E-state index contributed by atoms with van der Waals surface area (Å²) in [5, 5.41) is 6.67. The van der Waals surface area contributed by atoms with Crippen molar-refractivity contribution in [2.75, 3.05) is 7.05 Å². The number of hydrogen-bond acceptors (Lipinski definition) is 3. The third kappa shape index (κ3) is 6.76. The van der Waals surface area contributed by atoms with Crippen molar-refractivity contribution in [1.82, 2.24) is 20.5 Å². The van der Waals surface area contributed by atoms with Gasteiger partial charge in [0.2, 0.25) is 17.7 Å². The molecule has 3 aromatic carbocycles. The predicted octanol–water partition coefficient (Wildman–Crippen LogP) is 4.07. The van der Waals surface area contributed by atoms with Gasteiger partial charge in [0.1, 0.15) is 12.1 Å². The van der Waals surface area contributed by atoms with Gasteiger partial charge in [-0.2, -0.15) is 0 Å².